The van der Waals surface area contributed by atoms with Crippen LogP contribution in [0.3, 0.4) is 0 Å². The van der Waals surface area contributed by atoms with Gasteiger partial charge in [-0.3, -0.25) is 0 Å². The zero-order valence-corrected chi connectivity index (χ0v) is 20.9. The average molecular weight is 512 g/mol. The quantitative estimate of drug-likeness (QED) is 0.312. The van der Waals surface area contributed by atoms with E-state index in [0.717, 1.165) is 28.0 Å². The summed E-state index contributed by atoms with van der Waals surface area (Å²) in [5.41, 5.74) is 5.27. The van der Waals surface area contributed by atoms with Crippen LogP contribution in [0.1, 0.15) is 40.8 Å². The number of benzene rings is 3. The van der Waals surface area contributed by atoms with Crippen molar-refractivity contribution in [2.45, 2.75) is 50.7 Å². The van der Waals surface area contributed by atoms with Crippen molar-refractivity contribution in [3.05, 3.63) is 106 Å². The molecule has 1 aliphatic rings. The van der Waals surface area contributed by atoms with Crippen molar-refractivity contribution < 1.29 is 29.6 Å². The van der Waals surface area contributed by atoms with Crippen LogP contribution in [0.15, 0.2) is 78.0 Å². The summed E-state index contributed by atoms with van der Waals surface area (Å²) in [6, 6.07) is 23.1. The summed E-state index contributed by atoms with van der Waals surface area (Å²) in [6.07, 6.45) is -5.44. The Morgan fingerprint density at radius 1 is 0.917 bits per heavy atom. The van der Waals surface area contributed by atoms with Gasteiger partial charge < -0.3 is 29.6 Å². The van der Waals surface area contributed by atoms with Gasteiger partial charge in [-0.15, -0.1) is 0 Å². The molecule has 0 unspecified atom stereocenters. The molecule has 1 aliphatic heterocycles. The van der Waals surface area contributed by atoms with E-state index >= 15 is 0 Å². The Kier molecular flexibility index (Phi) is 8.74. The summed E-state index contributed by atoms with van der Waals surface area (Å²) >= 11 is 6.47. The number of halogens is 1. The Balaban J connectivity index is 1.44. The fraction of sp³-hybridized carbons (Fsp3) is 0.321. The van der Waals surface area contributed by atoms with Crippen LogP contribution in [0.2, 0.25) is 5.02 Å². The van der Waals surface area contributed by atoms with Crippen molar-refractivity contribution in [3.8, 4) is 0 Å². The lowest BCUT2D eigenvalue weighted by Gasteiger charge is -2.40. The Hall–Kier alpha value is -2.78. The molecule has 0 saturated carbocycles. The number of aliphatic hydroxyl groups is 3. The highest BCUT2D eigenvalue weighted by molar-refractivity contribution is 6.31. The van der Waals surface area contributed by atoms with Gasteiger partial charge in [-0.1, -0.05) is 83.5 Å². The number of oxime groups is 1. The van der Waals surface area contributed by atoms with E-state index in [0.29, 0.717) is 23.6 Å². The average Bonchev–Trinajstić information content (AvgIpc) is 2.90. The SMILES string of the molecule is CO[C@H]1O[C@@H](c2ccc(Cl)c(Cc3ccc(/C(C)=N/OCc4ccccc4)cc3)c2)[C@H](O)[C@@H](O)[C@@H]1O. The molecule has 5 atom stereocenters. The Labute approximate surface area is 215 Å². The molecule has 3 N–H and O–H groups in total. The fourth-order valence-corrected chi connectivity index (χ4v) is 4.32. The molecular weight excluding hydrogens is 482 g/mol. The van der Waals surface area contributed by atoms with Crippen LogP contribution < -0.4 is 0 Å². The monoisotopic (exact) mass is 511 g/mol. The van der Waals surface area contributed by atoms with Gasteiger partial charge in [0, 0.05) is 12.1 Å². The normalized spacial score (nSPS) is 24.5. The smallest absolute Gasteiger partial charge is 0.186 e. The Bertz CT molecular complexity index is 1170. The van der Waals surface area contributed by atoms with Crippen molar-refractivity contribution in [2.24, 2.45) is 5.16 Å². The number of ether oxygens (including phenoxy) is 2. The third kappa shape index (κ3) is 6.13. The topological polar surface area (TPSA) is 101 Å². The molecule has 0 aliphatic carbocycles. The fourth-order valence-electron chi connectivity index (χ4n) is 4.14. The summed E-state index contributed by atoms with van der Waals surface area (Å²) in [5, 5.41) is 35.5. The maximum absolute atomic E-state index is 10.5. The van der Waals surface area contributed by atoms with E-state index in [9.17, 15) is 15.3 Å². The number of hydrogen-bond acceptors (Lipinski definition) is 7. The molecule has 4 rings (SSSR count). The molecule has 3 aromatic carbocycles. The van der Waals surface area contributed by atoms with Gasteiger partial charge in [-0.25, -0.2) is 0 Å². The molecule has 1 heterocycles. The lowest BCUT2D eigenvalue weighted by molar-refractivity contribution is -0.292. The molecule has 190 valence electrons. The van der Waals surface area contributed by atoms with E-state index in [4.69, 9.17) is 25.9 Å². The molecule has 8 heteroatoms. The predicted molar refractivity (Wildman–Crippen MR) is 137 cm³/mol. The van der Waals surface area contributed by atoms with Gasteiger partial charge >= 0.3 is 0 Å². The van der Waals surface area contributed by atoms with E-state index in [1.807, 2.05) is 67.6 Å². The third-order valence-electron chi connectivity index (χ3n) is 6.24. The first kappa shape index (κ1) is 26.3. The minimum atomic E-state index is -1.40. The standard InChI is InChI=1S/C28H30ClNO6/c1-17(30-35-16-19-6-4-3-5-7-19)20-10-8-18(9-11-20)14-22-15-21(12-13-23(22)29)27-25(32)24(31)26(33)28(34-2)36-27/h3-13,15,24-28,31-33H,14,16H2,1-2H3/b30-17+/t24-,25-,26+,27+,28+/m1/s1. The van der Waals surface area contributed by atoms with Crippen LogP contribution in [0, 0.1) is 0 Å². The molecule has 7 nitrogen and oxygen atoms in total. The lowest BCUT2D eigenvalue weighted by Crippen LogP contribution is -2.54. The highest BCUT2D eigenvalue weighted by atomic mass is 35.5. The maximum atomic E-state index is 10.5. The minimum absolute atomic E-state index is 0.408. The number of methoxy groups -OCH3 is 1. The first-order valence-electron chi connectivity index (χ1n) is 11.7. The van der Waals surface area contributed by atoms with Gasteiger partial charge in [0.15, 0.2) is 6.29 Å². The van der Waals surface area contributed by atoms with E-state index in [2.05, 4.69) is 5.16 Å². The van der Waals surface area contributed by atoms with Gasteiger partial charge in [0.25, 0.3) is 0 Å². The summed E-state index contributed by atoms with van der Waals surface area (Å²) < 4.78 is 10.8. The molecular formula is C28H30ClNO6. The molecule has 0 amide bonds. The van der Waals surface area contributed by atoms with Crippen LogP contribution in [-0.4, -0.2) is 52.7 Å². The second-order valence-electron chi connectivity index (χ2n) is 8.79. The first-order valence-corrected chi connectivity index (χ1v) is 12.1. The molecule has 0 bridgehead atoms. The zero-order valence-electron chi connectivity index (χ0n) is 20.1. The first-order chi connectivity index (χ1) is 17.4. The van der Waals surface area contributed by atoms with E-state index in [1.54, 1.807) is 12.1 Å². The summed E-state index contributed by atoms with van der Waals surface area (Å²) in [7, 11) is 1.37. The number of rotatable bonds is 8. The van der Waals surface area contributed by atoms with E-state index in [1.165, 1.54) is 7.11 Å². The molecule has 36 heavy (non-hydrogen) atoms. The van der Waals surface area contributed by atoms with Crippen molar-refractivity contribution in [1.82, 2.24) is 0 Å². The largest absolute Gasteiger partial charge is 0.391 e. The molecule has 3 aromatic rings. The van der Waals surface area contributed by atoms with Crippen molar-refractivity contribution in [1.29, 1.82) is 0 Å². The van der Waals surface area contributed by atoms with Gasteiger partial charge in [0.2, 0.25) is 0 Å². The zero-order chi connectivity index (χ0) is 25.7. The summed E-state index contributed by atoms with van der Waals surface area (Å²) in [4.78, 5) is 5.48. The van der Waals surface area contributed by atoms with Crippen molar-refractivity contribution >= 4 is 17.3 Å². The van der Waals surface area contributed by atoms with Gasteiger partial charge in [-0.05, 0) is 47.2 Å². The Morgan fingerprint density at radius 2 is 1.64 bits per heavy atom. The summed E-state index contributed by atoms with van der Waals surface area (Å²) in [5.74, 6) is 0. The number of hydrogen-bond donors (Lipinski definition) is 3. The van der Waals surface area contributed by atoms with Gasteiger partial charge in [0.1, 0.15) is 31.0 Å². The van der Waals surface area contributed by atoms with Gasteiger partial charge in [0.05, 0.1) is 5.71 Å². The van der Waals surface area contributed by atoms with Crippen LogP contribution in [0.25, 0.3) is 0 Å². The highest BCUT2D eigenvalue weighted by Gasteiger charge is 2.44. The molecule has 0 aromatic heterocycles. The molecule has 1 saturated heterocycles. The molecule has 0 radical (unpaired) electrons. The molecule has 0 spiro atoms. The minimum Gasteiger partial charge on any atom is -0.391 e. The number of aliphatic hydroxyl groups excluding tert-OH is 3. The van der Waals surface area contributed by atoms with Crippen LogP contribution in [0.5, 0.6) is 0 Å². The van der Waals surface area contributed by atoms with Crippen LogP contribution >= 0.6 is 11.6 Å². The van der Waals surface area contributed by atoms with Gasteiger partial charge in [-0.2, -0.15) is 0 Å². The molecule has 1 fully saturated rings. The number of nitrogens with zero attached hydrogens (tertiary/aromatic N) is 1. The predicted octanol–water partition coefficient (Wildman–Crippen LogP) is 4.00. The summed E-state index contributed by atoms with van der Waals surface area (Å²) in [6.45, 7) is 2.31. The van der Waals surface area contributed by atoms with Crippen LogP contribution in [-0.2, 0) is 27.3 Å². The second kappa shape index (κ2) is 12.0. The Morgan fingerprint density at radius 3 is 2.33 bits per heavy atom. The van der Waals surface area contributed by atoms with Crippen molar-refractivity contribution in [2.75, 3.05) is 7.11 Å². The lowest BCUT2D eigenvalue weighted by atomic mass is 9.92. The maximum Gasteiger partial charge on any atom is 0.186 e. The van der Waals surface area contributed by atoms with E-state index < -0.39 is 30.7 Å². The third-order valence-corrected chi connectivity index (χ3v) is 6.61. The highest BCUT2D eigenvalue weighted by Crippen LogP contribution is 2.34. The van der Waals surface area contributed by atoms with Crippen molar-refractivity contribution in [3.63, 3.8) is 0 Å². The van der Waals surface area contributed by atoms with E-state index in [-0.39, 0.29) is 0 Å². The van der Waals surface area contributed by atoms with Crippen LogP contribution in [0.4, 0.5) is 0 Å². The second-order valence-corrected chi connectivity index (χ2v) is 9.20.